The molecule has 1 amide bonds. The van der Waals surface area contributed by atoms with Gasteiger partial charge in [-0.05, 0) is 19.1 Å². The maximum absolute atomic E-state index is 12.7. The van der Waals surface area contributed by atoms with Crippen LogP contribution in [0.25, 0.3) is 0 Å². The number of carbonyl (C=O) groups excluding carboxylic acids is 1. The molecule has 2 rings (SSSR count). The van der Waals surface area contributed by atoms with E-state index < -0.39 is 38.1 Å². The molecule has 2 aromatic heterocycles. The number of alkyl halides is 3. The topological polar surface area (TPSA) is 113 Å². The number of sulfonamides is 1. The largest absolute Gasteiger partial charge is 0.404 e. The number of carbonyl (C=O) groups is 1. The number of amides is 1. The van der Waals surface area contributed by atoms with E-state index in [4.69, 9.17) is 16.7 Å². The zero-order valence-corrected chi connectivity index (χ0v) is 16.2. The maximum atomic E-state index is 12.7. The number of nitrogens with zero attached hydrogens (tertiary/aromatic N) is 2. The molecule has 0 radical (unpaired) electrons. The lowest BCUT2D eigenvalue weighted by Crippen LogP contribution is -2.42. The Labute approximate surface area is 163 Å². The molecule has 0 saturated heterocycles. The van der Waals surface area contributed by atoms with Crippen LogP contribution < -0.4 is 10.0 Å². The molecule has 154 valence electrons. The number of rotatable bonds is 6. The van der Waals surface area contributed by atoms with E-state index in [1.54, 1.807) is 0 Å². The number of aromatic nitrogens is 2. The minimum atomic E-state index is -4.79. The van der Waals surface area contributed by atoms with Crippen LogP contribution >= 0.6 is 11.6 Å². The van der Waals surface area contributed by atoms with E-state index in [1.807, 2.05) is 0 Å². The highest BCUT2D eigenvalue weighted by Gasteiger charge is 2.40. The van der Waals surface area contributed by atoms with Gasteiger partial charge in [0.15, 0.2) is 0 Å². The summed E-state index contributed by atoms with van der Waals surface area (Å²) < 4.78 is 65.1. The van der Waals surface area contributed by atoms with Crippen molar-refractivity contribution in [2.45, 2.75) is 30.6 Å². The molecule has 8 nitrogen and oxygen atoms in total. The van der Waals surface area contributed by atoms with Crippen molar-refractivity contribution in [3.05, 3.63) is 40.9 Å². The Kier molecular flexibility index (Phi) is 6.38. The fourth-order valence-electron chi connectivity index (χ4n) is 2.21. The maximum Gasteiger partial charge on any atom is 0.404 e. The van der Waals surface area contributed by atoms with E-state index in [-0.39, 0.29) is 23.7 Å². The Bertz CT molecular complexity index is 992. The molecule has 3 N–H and O–H groups in total. The van der Waals surface area contributed by atoms with Crippen molar-refractivity contribution < 1.29 is 31.5 Å². The van der Waals surface area contributed by atoms with E-state index in [9.17, 15) is 26.4 Å². The summed E-state index contributed by atoms with van der Waals surface area (Å²) >= 11 is 6.00. The fourth-order valence-corrected chi connectivity index (χ4v) is 4.14. The van der Waals surface area contributed by atoms with Gasteiger partial charge in [0.25, 0.3) is 5.91 Å². The Morgan fingerprint density at radius 3 is 2.64 bits per heavy atom. The SMILES string of the molecule is C[C@@H](NS(=O)(=O)c1cn(C)c(C(=O)Nc2ccnc(CO)c2)c1Cl)C(F)(F)F. The van der Waals surface area contributed by atoms with Crippen molar-refractivity contribution in [3.8, 4) is 0 Å². The molecule has 2 aromatic rings. The van der Waals surface area contributed by atoms with Gasteiger partial charge in [-0.15, -0.1) is 0 Å². The normalized spacial score (nSPS) is 13.4. The summed E-state index contributed by atoms with van der Waals surface area (Å²) in [5, 5.41) is 11.0. The Hall–Kier alpha value is -2.15. The first-order valence-electron chi connectivity index (χ1n) is 7.67. The summed E-state index contributed by atoms with van der Waals surface area (Å²) in [6.45, 7) is 0.282. The van der Waals surface area contributed by atoms with Gasteiger partial charge in [0.1, 0.15) is 16.6 Å². The van der Waals surface area contributed by atoms with Gasteiger partial charge >= 0.3 is 6.18 Å². The number of hydrogen-bond acceptors (Lipinski definition) is 5. The first kappa shape index (κ1) is 22.1. The third-order valence-corrected chi connectivity index (χ3v) is 5.70. The second kappa shape index (κ2) is 8.07. The molecule has 1 atom stereocenters. The predicted octanol–water partition coefficient (Wildman–Crippen LogP) is 2.05. The van der Waals surface area contributed by atoms with E-state index >= 15 is 0 Å². The molecular weight excluding hydrogens is 425 g/mol. The van der Waals surface area contributed by atoms with Gasteiger partial charge in [-0.3, -0.25) is 9.78 Å². The average Bonchev–Trinajstić information content (AvgIpc) is 2.89. The van der Waals surface area contributed by atoms with Crippen LogP contribution in [0.5, 0.6) is 0 Å². The smallest absolute Gasteiger partial charge is 0.390 e. The highest BCUT2D eigenvalue weighted by atomic mass is 35.5. The summed E-state index contributed by atoms with van der Waals surface area (Å²) in [6.07, 6.45) is -2.51. The lowest BCUT2D eigenvalue weighted by atomic mass is 10.3. The molecule has 0 spiro atoms. The number of pyridine rings is 1. The van der Waals surface area contributed by atoms with Crippen molar-refractivity contribution in [3.63, 3.8) is 0 Å². The van der Waals surface area contributed by atoms with Crippen molar-refractivity contribution in [1.29, 1.82) is 0 Å². The third-order valence-electron chi connectivity index (χ3n) is 3.65. The second-order valence-corrected chi connectivity index (χ2v) is 7.86. The van der Waals surface area contributed by atoms with Crippen LogP contribution in [0.3, 0.4) is 0 Å². The second-order valence-electron chi connectivity index (χ2n) is 5.80. The van der Waals surface area contributed by atoms with E-state index in [0.717, 1.165) is 10.8 Å². The number of aliphatic hydroxyl groups excluding tert-OH is 1. The zero-order chi connectivity index (χ0) is 21.3. The number of anilines is 1. The molecule has 0 aromatic carbocycles. The Morgan fingerprint density at radius 2 is 2.07 bits per heavy atom. The van der Waals surface area contributed by atoms with Crippen molar-refractivity contribution in [1.82, 2.24) is 14.3 Å². The molecular formula is C15H16ClF3N4O4S. The summed E-state index contributed by atoms with van der Waals surface area (Å²) in [4.78, 5) is 15.7. The van der Waals surface area contributed by atoms with Crippen molar-refractivity contribution in [2.75, 3.05) is 5.32 Å². The first-order chi connectivity index (χ1) is 12.9. The molecule has 0 aliphatic carbocycles. The van der Waals surface area contributed by atoms with Crippen LogP contribution in [0, 0.1) is 0 Å². The van der Waals surface area contributed by atoms with Crippen LogP contribution in [0.1, 0.15) is 23.1 Å². The van der Waals surface area contributed by atoms with E-state index in [1.165, 1.54) is 30.1 Å². The van der Waals surface area contributed by atoms with Gasteiger partial charge in [0.05, 0.1) is 17.3 Å². The number of hydrogen-bond donors (Lipinski definition) is 3. The monoisotopic (exact) mass is 440 g/mol. The lowest BCUT2D eigenvalue weighted by Gasteiger charge is -2.16. The Balaban J connectivity index is 2.33. The van der Waals surface area contributed by atoms with Gasteiger partial charge in [0.2, 0.25) is 10.0 Å². The average molecular weight is 441 g/mol. The summed E-state index contributed by atoms with van der Waals surface area (Å²) in [5.74, 6) is -0.798. The van der Waals surface area contributed by atoms with Gasteiger partial charge in [-0.2, -0.15) is 17.9 Å². The summed E-state index contributed by atoms with van der Waals surface area (Å²) in [5.41, 5.74) is 0.267. The molecule has 0 unspecified atom stereocenters. The number of nitrogens with one attached hydrogen (secondary N) is 2. The van der Waals surface area contributed by atoms with Gasteiger partial charge < -0.3 is 15.0 Å². The van der Waals surface area contributed by atoms with Crippen LogP contribution in [0.15, 0.2) is 29.4 Å². The van der Waals surface area contributed by atoms with Crippen LogP contribution in [0.2, 0.25) is 5.02 Å². The lowest BCUT2D eigenvalue weighted by molar-refractivity contribution is -0.147. The number of halogens is 4. The van der Waals surface area contributed by atoms with E-state index in [0.29, 0.717) is 6.92 Å². The van der Waals surface area contributed by atoms with Gasteiger partial charge in [-0.1, -0.05) is 11.6 Å². The van der Waals surface area contributed by atoms with E-state index in [2.05, 4.69) is 10.3 Å². The van der Waals surface area contributed by atoms with Crippen LogP contribution in [-0.4, -0.2) is 41.2 Å². The molecule has 0 aliphatic rings. The van der Waals surface area contributed by atoms with Crippen molar-refractivity contribution in [2.24, 2.45) is 7.05 Å². The first-order valence-corrected chi connectivity index (χ1v) is 9.54. The predicted molar refractivity (Wildman–Crippen MR) is 94.4 cm³/mol. The molecule has 28 heavy (non-hydrogen) atoms. The summed E-state index contributed by atoms with van der Waals surface area (Å²) in [6, 6.07) is 0.469. The van der Waals surface area contributed by atoms with Crippen molar-refractivity contribution >= 4 is 33.2 Å². The Morgan fingerprint density at radius 1 is 1.43 bits per heavy atom. The number of aliphatic hydroxyl groups is 1. The molecule has 0 fully saturated rings. The quantitative estimate of drug-likeness (QED) is 0.636. The number of aryl methyl sites for hydroxylation is 1. The van der Waals surface area contributed by atoms with Crippen LogP contribution in [0.4, 0.5) is 18.9 Å². The minimum Gasteiger partial charge on any atom is -0.390 e. The molecule has 0 aliphatic heterocycles. The zero-order valence-electron chi connectivity index (χ0n) is 14.6. The summed E-state index contributed by atoms with van der Waals surface area (Å²) in [7, 11) is -3.32. The highest BCUT2D eigenvalue weighted by molar-refractivity contribution is 7.89. The van der Waals surface area contributed by atoms with Crippen LogP contribution in [-0.2, 0) is 23.7 Å². The molecule has 0 bridgehead atoms. The molecule has 13 heteroatoms. The van der Waals surface area contributed by atoms with Gasteiger partial charge in [-0.25, -0.2) is 8.42 Å². The van der Waals surface area contributed by atoms with Gasteiger partial charge in [0, 0.05) is 25.1 Å². The minimum absolute atomic E-state index is 0.259. The molecule has 0 saturated carbocycles. The third kappa shape index (κ3) is 4.82. The highest BCUT2D eigenvalue weighted by Crippen LogP contribution is 2.29. The molecule has 2 heterocycles. The standard InChI is InChI=1S/C15H16ClF3N4O4S/c1-8(15(17,18)19)22-28(26,27)11-6-23(2)13(12(11)16)14(25)21-9-3-4-20-10(5-9)7-24/h3-6,8,22,24H,7H2,1-2H3,(H,20,21,25)/t8-/m1/s1. The fraction of sp³-hybridized carbons (Fsp3) is 0.333.